The van der Waals surface area contributed by atoms with Gasteiger partial charge in [0.15, 0.2) is 5.76 Å². The first-order valence-electron chi connectivity index (χ1n) is 5.71. The highest BCUT2D eigenvalue weighted by atomic mass is 79.9. The van der Waals surface area contributed by atoms with Crippen molar-refractivity contribution in [2.75, 3.05) is 0 Å². The zero-order valence-electron chi connectivity index (χ0n) is 9.63. The van der Waals surface area contributed by atoms with Crippen LogP contribution in [0.1, 0.15) is 0 Å². The van der Waals surface area contributed by atoms with E-state index in [-0.39, 0.29) is 0 Å². The Bertz CT molecular complexity index is 883. The van der Waals surface area contributed by atoms with Crippen molar-refractivity contribution in [2.24, 2.45) is 0 Å². The van der Waals surface area contributed by atoms with E-state index in [1.165, 1.54) is 0 Å². The molecule has 0 spiro atoms. The Morgan fingerprint density at radius 3 is 2.53 bits per heavy atom. The molecule has 1 aromatic carbocycles. The number of nitrogens with zero attached hydrogens (tertiary/aromatic N) is 2. The number of para-hydroxylation sites is 2. The second kappa shape index (κ2) is 4.15. The van der Waals surface area contributed by atoms with Gasteiger partial charge in [0.05, 0.1) is 20.4 Å². The van der Waals surface area contributed by atoms with Crippen LogP contribution in [0, 0.1) is 0 Å². The van der Waals surface area contributed by atoms with Crippen molar-refractivity contribution >= 4 is 49.5 Å². The zero-order valence-corrected chi connectivity index (χ0v) is 12.0. The van der Waals surface area contributed by atoms with E-state index in [2.05, 4.69) is 25.9 Å². The standard InChI is InChI=1S/C14H7BrN2OS/c15-11-12-14(18-13(11)10-6-3-7-19-10)17-9-5-2-1-4-8(9)16-12/h1-7H. The predicted octanol–water partition coefficient (Wildman–Crippen LogP) is 4.87. The first-order chi connectivity index (χ1) is 9.33. The molecule has 0 atom stereocenters. The molecule has 0 bridgehead atoms. The number of benzene rings is 1. The SMILES string of the molecule is Brc1c(-c2cccs2)oc2nc3ccccc3nc12. The quantitative estimate of drug-likeness (QED) is 0.500. The molecule has 19 heavy (non-hydrogen) atoms. The number of fused-ring (bicyclic) bond motifs is 2. The molecule has 0 unspecified atom stereocenters. The molecule has 4 aromatic rings. The highest BCUT2D eigenvalue weighted by molar-refractivity contribution is 9.10. The molecule has 3 nitrogen and oxygen atoms in total. The van der Waals surface area contributed by atoms with Gasteiger partial charge in [-0.05, 0) is 39.5 Å². The molecule has 0 N–H and O–H groups in total. The lowest BCUT2D eigenvalue weighted by Gasteiger charge is -1.94. The van der Waals surface area contributed by atoms with Gasteiger partial charge in [-0.2, -0.15) is 0 Å². The molecular weight excluding hydrogens is 324 g/mol. The molecule has 0 amide bonds. The minimum absolute atomic E-state index is 0.564. The van der Waals surface area contributed by atoms with Gasteiger partial charge < -0.3 is 4.42 Å². The summed E-state index contributed by atoms with van der Waals surface area (Å²) >= 11 is 5.20. The Kier molecular flexibility index (Phi) is 2.43. The Labute approximate surface area is 121 Å². The van der Waals surface area contributed by atoms with Gasteiger partial charge >= 0.3 is 0 Å². The Morgan fingerprint density at radius 1 is 1.00 bits per heavy atom. The first-order valence-corrected chi connectivity index (χ1v) is 7.39. The summed E-state index contributed by atoms with van der Waals surface area (Å²) in [5, 5.41) is 2.02. The number of rotatable bonds is 1. The van der Waals surface area contributed by atoms with E-state index < -0.39 is 0 Å². The van der Waals surface area contributed by atoms with E-state index in [9.17, 15) is 0 Å². The molecule has 0 saturated carbocycles. The lowest BCUT2D eigenvalue weighted by molar-refractivity contribution is 0.619. The molecule has 4 rings (SSSR count). The fraction of sp³-hybridized carbons (Fsp3) is 0. The molecule has 0 aliphatic heterocycles. The summed E-state index contributed by atoms with van der Waals surface area (Å²) in [4.78, 5) is 10.2. The molecule has 3 heterocycles. The van der Waals surface area contributed by atoms with Crippen molar-refractivity contribution in [1.29, 1.82) is 0 Å². The minimum Gasteiger partial charge on any atom is -0.434 e. The monoisotopic (exact) mass is 330 g/mol. The topological polar surface area (TPSA) is 38.9 Å². The van der Waals surface area contributed by atoms with E-state index in [4.69, 9.17) is 4.42 Å². The third kappa shape index (κ3) is 1.69. The third-order valence-corrected chi connectivity index (χ3v) is 4.49. The van der Waals surface area contributed by atoms with Crippen molar-refractivity contribution in [1.82, 2.24) is 9.97 Å². The summed E-state index contributed by atoms with van der Waals surface area (Å²) in [6.07, 6.45) is 0. The van der Waals surface area contributed by atoms with E-state index in [0.717, 1.165) is 31.7 Å². The number of halogens is 1. The molecule has 3 aromatic heterocycles. The maximum absolute atomic E-state index is 5.84. The second-order valence-electron chi connectivity index (χ2n) is 4.09. The fourth-order valence-corrected chi connectivity index (χ4v) is 3.41. The van der Waals surface area contributed by atoms with Crippen LogP contribution in [-0.2, 0) is 0 Å². The Morgan fingerprint density at radius 2 is 1.79 bits per heavy atom. The van der Waals surface area contributed by atoms with E-state index in [1.54, 1.807) is 11.3 Å². The normalized spacial score (nSPS) is 11.4. The number of furan rings is 1. The van der Waals surface area contributed by atoms with Crippen LogP contribution in [0.5, 0.6) is 0 Å². The van der Waals surface area contributed by atoms with E-state index >= 15 is 0 Å². The van der Waals surface area contributed by atoms with Gasteiger partial charge in [-0.25, -0.2) is 9.97 Å². The summed E-state index contributed by atoms with van der Waals surface area (Å²) in [7, 11) is 0. The smallest absolute Gasteiger partial charge is 0.247 e. The summed E-state index contributed by atoms with van der Waals surface area (Å²) < 4.78 is 6.71. The van der Waals surface area contributed by atoms with Crippen LogP contribution < -0.4 is 0 Å². The zero-order chi connectivity index (χ0) is 12.8. The highest BCUT2D eigenvalue weighted by Gasteiger charge is 2.17. The maximum Gasteiger partial charge on any atom is 0.247 e. The molecule has 5 heteroatoms. The summed E-state index contributed by atoms with van der Waals surface area (Å²) in [5.41, 5.74) is 3.04. The van der Waals surface area contributed by atoms with Crippen LogP contribution in [0.3, 0.4) is 0 Å². The number of thiophene rings is 1. The highest BCUT2D eigenvalue weighted by Crippen LogP contribution is 2.38. The molecule has 0 radical (unpaired) electrons. The van der Waals surface area contributed by atoms with Gasteiger partial charge in [0.1, 0.15) is 5.52 Å². The Balaban J connectivity index is 2.08. The van der Waals surface area contributed by atoms with Crippen molar-refractivity contribution in [2.45, 2.75) is 0 Å². The lowest BCUT2D eigenvalue weighted by Crippen LogP contribution is -1.83. The molecule has 0 aliphatic rings. The largest absolute Gasteiger partial charge is 0.434 e. The van der Waals surface area contributed by atoms with Crippen LogP contribution in [0.2, 0.25) is 0 Å². The van der Waals surface area contributed by atoms with Gasteiger partial charge in [-0.15, -0.1) is 11.3 Å². The van der Waals surface area contributed by atoms with Crippen LogP contribution in [-0.4, -0.2) is 9.97 Å². The van der Waals surface area contributed by atoms with Crippen molar-refractivity contribution < 1.29 is 4.42 Å². The molecule has 0 saturated heterocycles. The van der Waals surface area contributed by atoms with Crippen LogP contribution in [0.4, 0.5) is 0 Å². The van der Waals surface area contributed by atoms with Gasteiger partial charge in [0, 0.05) is 0 Å². The molecule has 0 fully saturated rings. The summed E-state index contributed by atoms with van der Waals surface area (Å²) in [6, 6.07) is 11.8. The third-order valence-electron chi connectivity index (χ3n) is 2.89. The number of aromatic nitrogens is 2. The first kappa shape index (κ1) is 11.1. The van der Waals surface area contributed by atoms with Crippen LogP contribution in [0.15, 0.2) is 50.7 Å². The molecule has 92 valence electrons. The number of hydrogen-bond donors (Lipinski definition) is 0. The van der Waals surface area contributed by atoms with Crippen LogP contribution in [0.25, 0.3) is 32.9 Å². The Hall–Kier alpha value is -1.72. The predicted molar refractivity (Wildman–Crippen MR) is 80.3 cm³/mol. The van der Waals surface area contributed by atoms with Gasteiger partial charge in [0.25, 0.3) is 0 Å². The fourth-order valence-electron chi connectivity index (χ4n) is 2.01. The summed E-state index contributed by atoms with van der Waals surface area (Å²) in [6.45, 7) is 0. The van der Waals surface area contributed by atoms with Gasteiger partial charge in [-0.3, -0.25) is 0 Å². The van der Waals surface area contributed by atoms with Gasteiger partial charge in [-0.1, -0.05) is 18.2 Å². The summed E-state index contributed by atoms with van der Waals surface area (Å²) in [5.74, 6) is 0.792. The molecular formula is C14H7BrN2OS. The minimum atomic E-state index is 0.564. The van der Waals surface area contributed by atoms with Crippen molar-refractivity contribution in [3.05, 3.63) is 46.3 Å². The average molecular weight is 331 g/mol. The van der Waals surface area contributed by atoms with Crippen molar-refractivity contribution in [3.63, 3.8) is 0 Å². The van der Waals surface area contributed by atoms with Gasteiger partial charge in [0.2, 0.25) is 5.71 Å². The maximum atomic E-state index is 5.84. The molecule has 0 aliphatic carbocycles. The average Bonchev–Trinajstić information content (AvgIpc) is 3.05. The van der Waals surface area contributed by atoms with Crippen molar-refractivity contribution in [3.8, 4) is 10.6 Å². The number of hydrogen-bond acceptors (Lipinski definition) is 4. The van der Waals surface area contributed by atoms with E-state index in [1.807, 2.05) is 41.8 Å². The second-order valence-corrected chi connectivity index (χ2v) is 5.83. The van der Waals surface area contributed by atoms with Crippen LogP contribution >= 0.6 is 27.3 Å². The van der Waals surface area contributed by atoms with E-state index in [0.29, 0.717) is 5.71 Å². The lowest BCUT2D eigenvalue weighted by atomic mass is 10.3.